The van der Waals surface area contributed by atoms with Crippen molar-refractivity contribution in [1.82, 2.24) is 0 Å². The lowest BCUT2D eigenvalue weighted by Crippen LogP contribution is -2.00. The standard InChI is InChI=1S/C15H19NO/c1-13(8-6-7-11-16)14(2)17-12-15-9-4-3-5-10-15/h3-11,13H,2,12,16H2,1H3/b8-6-,11-7-/t13-/m0/s1. The first-order valence-corrected chi connectivity index (χ1v) is 5.64. The highest BCUT2D eigenvalue weighted by Gasteiger charge is 2.03. The molecule has 0 aliphatic rings. The van der Waals surface area contributed by atoms with Crippen molar-refractivity contribution < 1.29 is 4.74 Å². The summed E-state index contributed by atoms with van der Waals surface area (Å²) in [6, 6.07) is 10.0. The molecule has 0 saturated heterocycles. The minimum atomic E-state index is 0.176. The fourth-order valence-corrected chi connectivity index (χ4v) is 1.28. The van der Waals surface area contributed by atoms with Gasteiger partial charge in [-0.05, 0) is 17.8 Å². The highest BCUT2D eigenvalue weighted by molar-refractivity contribution is 5.14. The average molecular weight is 229 g/mol. The van der Waals surface area contributed by atoms with E-state index in [-0.39, 0.29) is 5.92 Å². The summed E-state index contributed by atoms with van der Waals surface area (Å²) in [4.78, 5) is 0. The number of ether oxygens (including phenoxy) is 1. The van der Waals surface area contributed by atoms with Gasteiger partial charge in [-0.15, -0.1) is 0 Å². The summed E-state index contributed by atoms with van der Waals surface area (Å²) >= 11 is 0. The summed E-state index contributed by atoms with van der Waals surface area (Å²) in [5, 5.41) is 0. The van der Waals surface area contributed by atoms with E-state index in [1.807, 2.05) is 49.4 Å². The minimum absolute atomic E-state index is 0.176. The van der Waals surface area contributed by atoms with Crippen LogP contribution in [0.5, 0.6) is 0 Å². The van der Waals surface area contributed by atoms with E-state index in [1.54, 1.807) is 6.08 Å². The predicted octanol–water partition coefficient (Wildman–Crippen LogP) is 3.38. The lowest BCUT2D eigenvalue weighted by molar-refractivity contribution is 0.179. The predicted molar refractivity (Wildman–Crippen MR) is 72.0 cm³/mol. The Hall–Kier alpha value is -1.96. The van der Waals surface area contributed by atoms with Crippen LogP contribution in [0, 0.1) is 5.92 Å². The molecule has 1 aromatic rings. The van der Waals surface area contributed by atoms with Crippen LogP contribution in [0.2, 0.25) is 0 Å². The molecule has 1 rings (SSSR count). The quantitative estimate of drug-likeness (QED) is 0.599. The van der Waals surface area contributed by atoms with Crippen LogP contribution in [0.15, 0.2) is 67.1 Å². The maximum Gasteiger partial charge on any atom is 0.113 e. The number of rotatable bonds is 6. The molecule has 0 saturated carbocycles. The van der Waals surface area contributed by atoms with Crippen LogP contribution in [0.4, 0.5) is 0 Å². The second kappa shape index (κ2) is 7.34. The number of nitrogens with two attached hydrogens (primary N) is 1. The highest BCUT2D eigenvalue weighted by Crippen LogP contribution is 2.14. The molecular weight excluding hydrogens is 210 g/mol. The normalized spacial score (nSPS) is 13.0. The molecular formula is C15H19NO. The number of allylic oxidation sites excluding steroid dienone is 3. The Morgan fingerprint density at radius 1 is 1.35 bits per heavy atom. The molecule has 1 atom stereocenters. The van der Waals surface area contributed by atoms with Gasteiger partial charge in [0.2, 0.25) is 0 Å². The van der Waals surface area contributed by atoms with E-state index in [9.17, 15) is 0 Å². The second-order valence-electron chi connectivity index (χ2n) is 3.80. The molecule has 0 spiro atoms. The van der Waals surface area contributed by atoms with Crippen LogP contribution in [0.3, 0.4) is 0 Å². The Morgan fingerprint density at radius 3 is 2.71 bits per heavy atom. The fraction of sp³-hybridized carbons (Fsp3) is 0.200. The van der Waals surface area contributed by atoms with Gasteiger partial charge in [0.15, 0.2) is 0 Å². The van der Waals surface area contributed by atoms with E-state index in [1.165, 1.54) is 6.20 Å². The zero-order valence-electron chi connectivity index (χ0n) is 10.2. The van der Waals surface area contributed by atoms with Gasteiger partial charge in [0.25, 0.3) is 0 Å². The Labute approximate surface area is 103 Å². The minimum Gasteiger partial charge on any atom is -0.493 e. The molecule has 2 nitrogen and oxygen atoms in total. The molecule has 17 heavy (non-hydrogen) atoms. The first kappa shape index (κ1) is 13.1. The molecule has 0 heterocycles. The van der Waals surface area contributed by atoms with Crippen molar-refractivity contribution in [3.63, 3.8) is 0 Å². The SMILES string of the molecule is C=C(OCc1ccccc1)[C@@H](C)/C=C\C=C/N. The lowest BCUT2D eigenvalue weighted by atomic mass is 10.1. The Bertz CT molecular complexity index is 393. The van der Waals surface area contributed by atoms with Crippen LogP contribution >= 0.6 is 0 Å². The van der Waals surface area contributed by atoms with Crippen molar-refractivity contribution in [2.45, 2.75) is 13.5 Å². The monoisotopic (exact) mass is 229 g/mol. The summed E-state index contributed by atoms with van der Waals surface area (Å²) in [5.74, 6) is 0.936. The number of hydrogen-bond donors (Lipinski definition) is 1. The molecule has 1 aromatic carbocycles. The van der Waals surface area contributed by atoms with Crippen LogP contribution < -0.4 is 5.73 Å². The highest BCUT2D eigenvalue weighted by atomic mass is 16.5. The molecule has 0 unspecified atom stereocenters. The Kier molecular flexibility index (Phi) is 5.66. The van der Waals surface area contributed by atoms with E-state index in [4.69, 9.17) is 10.5 Å². The van der Waals surface area contributed by atoms with Gasteiger partial charge in [0.05, 0.1) is 5.76 Å². The van der Waals surface area contributed by atoms with E-state index < -0.39 is 0 Å². The maximum atomic E-state index is 5.62. The third-order valence-electron chi connectivity index (χ3n) is 2.40. The number of hydrogen-bond acceptors (Lipinski definition) is 2. The largest absolute Gasteiger partial charge is 0.493 e. The van der Waals surface area contributed by atoms with E-state index in [2.05, 4.69) is 6.58 Å². The van der Waals surface area contributed by atoms with Crippen LogP contribution in [0.25, 0.3) is 0 Å². The van der Waals surface area contributed by atoms with Crippen molar-refractivity contribution in [2.24, 2.45) is 11.7 Å². The zero-order chi connectivity index (χ0) is 12.5. The van der Waals surface area contributed by atoms with Crippen LogP contribution in [-0.4, -0.2) is 0 Å². The lowest BCUT2D eigenvalue weighted by Gasteiger charge is -2.12. The summed E-state index contributed by atoms with van der Waals surface area (Å²) in [5.41, 5.74) is 6.39. The molecule has 2 heteroatoms. The summed E-state index contributed by atoms with van der Waals surface area (Å²) in [6.45, 7) is 6.52. The molecule has 2 N–H and O–H groups in total. The van der Waals surface area contributed by atoms with Gasteiger partial charge < -0.3 is 10.5 Å². The third-order valence-corrected chi connectivity index (χ3v) is 2.40. The maximum absolute atomic E-state index is 5.62. The smallest absolute Gasteiger partial charge is 0.113 e. The van der Waals surface area contributed by atoms with Crippen LogP contribution in [0.1, 0.15) is 12.5 Å². The molecule has 0 radical (unpaired) electrons. The van der Waals surface area contributed by atoms with Crippen molar-refractivity contribution in [2.75, 3.05) is 0 Å². The molecule has 0 amide bonds. The van der Waals surface area contributed by atoms with Gasteiger partial charge in [-0.1, -0.05) is 56.0 Å². The van der Waals surface area contributed by atoms with Crippen LogP contribution in [-0.2, 0) is 11.3 Å². The van der Waals surface area contributed by atoms with Gasteiger partial charge in [0.1, 0.15) is 6.61 Å². The van der Waals surface area contributed by atoms with E-state index >= 15 is 0 Å². The Morgan fingerprint density at radius 2 is 2.06 bits per heavy atom. The van der Waals surface area contributed by atoms with Gasteiger partial charge in [0, 0.05) is 5.92 Å². The summed E-state index contributed by atoms with van der Waals surface area (Å²) < 4.78 is 5.62. The molecule has 0 fully saturated rings. The van der Waals surface area contributed by atoms with Gasteiger partial charge in [-0.3, -0.25) is 0 Å². The number of benzene rings is 1. The van der Waals surface area contributed by atoms with Crippen molar-refractivity contribution in [3.8, 4) is 0 Å². The van der Waals surface area contributed by atoms with Gasteiger partial charge in [-0.25, -0.2) is 0 Å². The summed E-state index contributed by atoms with van der Waals surface area (Å²) in [7, 11) is 0. The third kappa shape index (κ3) is 5.07. The van der Waals surface area contributed by atoms with Crippen molar-refractivity contribution in [3.05, 3.63) is 72.7 Å². The van der Waals surface area contributed by atoms with Gasteiger partial charge in [-0.2, -0.15) is 0 Å². The topological polar surface area (TPSA) is 35.2 Å². The molecule has 0 aliphatic carbocycles. The van der Waals surface area contributed by atoms with Crippen molar-refractivity contribution in [1.29, 1.82) is 0 Å². The first-order valence-electron chi connectivity index (χ1n) is 5.64. The van der Waals surface area contributed by atoms with E-state index in [0.29, 0.717) is 6.61 Å². The molecule has 0 bridgehead atoms. The molecule has 90 valence electrons. The molecule has 0 aliphatic heterocycles. The fourth-order valence-electron chi connectivity index (χ4n) is 1.28. The van der Waals surface area contributed by atoms with Gasteiger partial charge >= 0.3 is 0 Å². The Balaban J connectivity index is 2.39. The van der Waals surface area contributed by atoms with E-state index in [0.717, 1.165) is 11.3 Å². The van der Waals surface area contributed by atoms with Crippen molar-refractivity contribution >= 4 is 0 Å². The molecule has 0 aromatic heterocycles. The zero-order valence-corrected chi connectivity index (χ0v) is 10.2. The second-order valence-corrected chi connectivity index (χ2v) is 3.80. The summed E-state index contributed by atoms with van der Waals surface area (Å²) in [6.07, 6.45) is 7.16. The first-order chi connectivity index (χ1) is 8.24. The average Bonchev–Trinajstić information content (AvgIpc) is 2.37.